The van der Waals surface area contributed by atoms with E-state index in [4.69, 9.17) is 9.47 Å². The molecule has 1 atom stereocenters. The van der Waals surface area contributed by atoms with E-state index in [0.717, 1.165) is 23.4 Å². The van der Waals surface area contributed by atoms with Crippen molar-refractivity contribution in [2.24, 2.45) is 0 Å². The molecule has 0 aromatic carbocycles. The van der Waals surface area contributed by atoms with E-state index in [1.165, 1.54) is 6.07 Å². The summed E-state index contributed by atoms with van der Waals surface area (Å²) in [6, 6.07) is 3.23. The van der Waals surface area contributed by atoms with Gasteiger partial charge in [0.2, 0.25) is 0 Å². The van der Waals surface area contributed by atoms with Crippen LogP contribution in [0.2, 0.25) is 0 Å². The zero-order valence-electron chi connectivity index (χ0n) is 17.8. The van der Waals surface area contributed by atoms with Gasteiger partial charge >= 0.3 is 6.18 Å². The van der Waals surface area contributed by atoms with Gasteiger partial charge in [-0.15, -0.1) is 0 Å². The number of alkyl halides is 3. The van der Waals surface area contributed by atoms with Gasteiger partial charge in [-0.05, 0) is 32.9 Å². The third kappa shape index (κ3) is 5.25. The van der Waals surface area contributed by atoms with Gasteiger partial charge in [-0.1, -0.05) is 6.07 Å². The third-order valence-corrected chi connectivity index (χ3v) is 4.77. The molecule has 168 valence electrons. The molecule has 2 aromatic rings. The fraction of sp³-hybridized carbons (Fsp3) is 0.476. The maximum atomic E-state index is 13.0. The van der Waals surface area contributed by atoms with Crippen molar-refractivity contribution in [2.45, 2.75) is 51.6 Å². The third-order valence-electron chi connectivity index (χ3n) is 4.77. The summed E-state index contributed by atoms with van der Waals surface area (Å²) < 4.78 is 51.7. The van der Waals surface area contributed by atoms with Gasteiger partial charge < -0.3 is 14.8 Å². The van der Waals surface area contributed by atoms with Gasteiger partial charge in [0.1, 0.15) is 17.1 Å². The molecule has 1 amide bonds. The quantitative estimate of drug-likeness (QED) is 0.717. The van der Waals surface area contributed by atoms with Crippen LogP contribution in [-0.2, 0) is 28.6 Å². The van der Waals surface area contributed by atoms with Crippen molar-refractivity contribution in [1.82, 2.24) is 20.1 Å². The molecule has 7 nitrogen and oxygen atoms in total. The Hall–Kier alpha value is -2.88. The lowest BCUT2D eigenvalue weighted by molar-refractivity contribution is -0.141. The van der Waals surface area contributed by atoms with Crippen LogP contribution in [0.1, 0.15) is 48.2 Å². The lowest BCUT2D eigenvalue weighted by Crippen LogP contribution is -2.51. The molecule has 0 saturated carbocycles. The van der Waals surface area contributed by atoms with Crippen LogP contribution in [0, 0.1) is 0 Å². The van der Waals surface area contributed by atoms with Gasteiger partial charge in [0.05, 0.1) is 30.5 Å². The summed E-state index contributed by atoms with van der Waals surface area (Å²) in [5.41, 5.74) is -0.826. The van der Waals surface area contributed by atoms with Crippen LogP contribution in [-0.4, -0.2) is 46.0 Å². The van der Waals surface area contributed by atoms with E-state index in [0.29, 0.717) is 25.3 Å². The maximum absolute atomic E-state index is 13.0. The topological polar surface area (TPSA) is 78.3 Å². The molecule has 1 N–H and O–H groups in total. The summed E-state index contributed by atoms with van der Waals surface area (Å²) >= 11 is 0. The molecule has 0 bridgehead atoms. The Balaban J connectivity index is 1.89. The van der Waals surface area contributed by atoms with Crippen LogP contribution in [0.15, 0.2) is 30.2 Å². The van der Waals surface area contributed by atoms with E-state index in [1.807, 2.05) is 20.0 Å². The number of nitrogens with one attached hydrogen (secondary N) is 1. The Morgan fingerprint density at radius 2 is 2.10 bits per heavy atom. The van der Waals surface area contributed by atoms with E-state index in [9.17, 15) is 18.0 Å². The minimum absolute atomic E-state index is 0.175. The van der Waals surface area contributed by atoms with Gasteiger partial charge in [-0.3, -0.25) is 9.48 Å². The number of carbonyl (C=O) groups is 1. The Morgan fingerprint density at radius 1 is 1.35 bits per heavy atom. The summed E-state index contributed by atoms with van der Waals surface area (Å²) in [4.78, 5) is 16.3. The molecule has 1 aliphatic carbocycles. The highest BCUT2D eigenvalue weighted by Crippen LogP contribution is 2.33. The predicted octanol–water partition coefficient (Wildman–Crippen LogP) is 3.45. The van der Waals surface area contributed by atoms with Crippen molar-refractivity contribution in [1.29, 1.82) is 0 Å². The zero-order valence-corrected chi connectivity index (χ0v) is 17.8. The van der Waals surface area contributed by atoms with Gasteiger partial charge in [-0.25, -0.2) is 4.98 Å². The molecular weight excluding hydrogens is 413 g/mol. The SMILES string of the molecule is COCCn1cc2c(n1)C=C(OC(C)C)C(C)(NC(=O)c1cccc(C(F)(F)F)n1)C2. The largest absolute Gasteiger partial charge is 0.493 e. The van der Waals surface area contributed by atoms with Crippen LogP contribution >= 0.6 is 0 Å². The number of hydrogen-bond acceptors (Lipinski definition) is 5. The van der Waals surface area contributed by atoms with Gasteiger partial charge in [-0.2, -0.15) is 18.3 Å². The van der Waals surface area contributed by atoms with E-state index in [1.54, 1.807) is 24.8 Å². The summed E-state index contributed by atoms with van der Waals surface area (Å²) in [6.07, 6.45) is -0.834. The average Bonchev–Trinajstić information content (AvgIpc) is 3.06. The lowest BCUT2D eigenvalue weighted by atomic mass is 9.85. The number of aromatic nitrogens is 3. The monoisotopic (exact) mass is 438 g/mol. The first-order chi connectivity index (χ1) is 14.5. The number of nitrogens with zero attached hydrogens (tertiary/aromatic N) is 3. The van der Waals surface area contributed by atoms with Crippen molar-refractivity contribution in [3.8, 4) is 0 Å². The fourth-order valence-electron chi connectivity index (χ4n) is 3.34. The first-order valence-corrected chi connectivity index (χ1v) is 9.82. The molecule has 10 heteroatoms. The number of carbonyl (C=O) groups excluding carboxylic acids is 1. The highest BCUT2D eigenvalue weighted by Gasteiger charge is 2.39. The minimum Gasteiger partial charge on any atom is -0.493 e. The molecule has 0 aliphatic heterocycles. The number of ether oxygens (including phenoxy) is 2. The van der Waals surface area contributed by atoms with Crippen LogP contribution in [0.25, 0.3) is 6.08 Å². The Bertz CT molecular complexity index is 984. The first kappa shape index (κ1) is 22.8. The van der Waals surface area contributed by atoms with E-state index in [2.05, 4.69) is 15.4 Å². The van der Waals surface area contributed by atoms with E-state index >= 15 is 0 Å². The number of fused-ring (bicyclic) bond motifs is 1. The molecule has 0 saturated heterocycles. The molecule has 3 rings (SSSR count). The molecule has 0 radical (unpaired) electrons. The molecular formula is C21H25F3N4O3. The number of rotatable bonds is 7. The van der Waals surface area contributed by atoms with Crippen LogP contribution in [0.3, 0.4) is 0 Å². The van der Waals surface area contributed by atoms with Crippen LogP contribution < -0.4 is 5.32 Å². The van der Waals surface area contributed by atoms with Crippen molar-refractivity contribution >= 4 is 12.0 Å². The minimum atomic E-state index is -4.64. The second kappa shape index (κ2) is 8.70. The van der Waals surface area contributed by atoms with Gasteiger partial charge in [0.15, 0.2) is 0 Å². The second-order valence-electron chi connectivity index (χ2n) is 7.84. The normalized spacial score (nSPS) is 18.5. The van der Waals surface area contributed by atoms with Crippen molar-refractivity contribution in [3.63, 3.8) is 0 Å². The fourth-order valence-corrected chi connectivity index (χ4v) is 3.34. The van der Waals surface area contributed by atoms with Crippen LogP contribution in [0.5, 0.6) is 0 Å². The number of halogens is 3. The number of pyridine rings is 1. The highest BCUT2D eigenvalue weighted by molar-refractivity contribution is 5.93. The first-order valence-electron chi connectivity index (χ1n) is 9.82. The van der Waals surface area contributed by atoms with Crippen molar-refractivity contribution in [3.05, 3.63) is 52.8 Å². The van der Waals surface area contributed by atoms with Gasteiger partial charge in [0.25, 0.3) is 5.91 Å². The van der Waals surface area contributed by atoms with Crippen molar-refractivity contribution < 1.29 is 27.4 Å². The maximum Gasteiger partial charge on any atom is 0.433 e. The summed E-state index contributed by atoms with van der Waals surface area (Å²) in [5, 5.41) is 7.33. The molecule has 2 aromatic heterocycles. The molecule has 0 spiro atoms. The molecule has 1 aliphatic rings. The van der Waals surface area contributed by atoms with Gasteiger partial charge in [0, 0.05) is 31.4 Å². The molecule has 31 heavy (non-hydrogen) atoms. The molecule has 1 unspecified atom stereocenters. The van der Waals surface area contributed by atoms with Crippen LogP contribution in [0.4, 0.5) is 13.2 Å². The summed E-state index contributed by atoms with van der Waals surface area (Å²) in [7, 11) is 1.60. The zero-order chi connectivity index (χ0) is 22.8. The molecule has 2 heterocycles. The Kier molecular flexibility index (Phi) is 6.40. The Labute approximate surface area is 178 Å². The average molecular weight is 438 g/mol. The molecule has 0 fully saturated rings. The van der Waals surface area contributed by atoms with Crippen molar-refractivity contribution in [2.75, 3.05) is 13.7 Å². The summed E-state index contributed by atoms with van der Waals surface area (Å²) in [6.45, 7) is 6.53. The standard InChI is InChI=1S/C21H25F3N4O3/c1-13(2)31-18-10-16-14(12-28(27-16)8-9-30-4)11-20(18,3)26-19(29)15-6-5-7-17(25-15)21(22,23)24/h5-7,10,12-13H,8-9,11H2,1-4H3,(H,26,29). The second-order valence-corrected chi connectivity index (χ2v) is 7.84. The lowest BCUT2D eigenvalue weighted by Gasteiger charge is -2.36. The Morgan fingerprint density at radius 3 is 2.74 bits per heavy atom. The highest BCUT2D eigenvalue weighted by atomic mass is 19.4. The number of hydrogen-bond donors (Lipinski definition) is 1. The smallest absolute Gasteiger partial charge is 0.433 e. The number of methoxy groups -OCH3 is 1. The number of amides is 1. The van der Waals surface area contributed by atoms with E-state index in [-0.39, 0.29) is 11.8 Å². The van der Waals surface area contributed by atoms with E-state index < -0.39 is 23.3 Å². The predicted molar refractivity (Wildman–Crippen MR) is 107 cm³/mol. The summed E-state index contributed by atoms with van der Waals surface area (Å²) in [5.74, 6) is -0.241.